The second-order valence-electron chi connectivity index (χ2n) is 4.91. The van der Waals surface area contributed by atoms with Crippen molar-refractivity contribution in [3.05, 3.63) is 63.6 Å². The van der Waals surface area contributed by atoms with E-state index in [1.807, 2.05) is 31.2 Å². The van der Waals surface area contributed by atoms with Crippen molar-refractivity contribution < 1.29 is 9.53 Å². The van der Waals surface area contributed by atoms with Gasteiger partial charge in [0.25, 0.3) is 0 Å². The minimum Gasteiger partial charge on any atom is -0.496 e. The molecule has 0 saturated heterocycles. The van der Waals surface area contributed by atoms with Gasteiger partial charge in [0, 0.05) is 15.6 Å². The average molecular weight is 338 g/mol. The monoisotopic (exact) mass is 337 g/mol. The number of methoxy groups -OCH3 is 1. The van der Waals surface area contributed by atoms with E-state index in [0.717, 1.165) is 11.3 Å². The van der Waals surface area contributed by atoms with Gasteiger partial charge in [-0.15, -0.1) is 0 Å². The highest BCUT2D eigenvalue weighted by atomic mass is 35.5. The Labute approximate surface area is 140 Å². The van der Waals surface area contributed by atoms with Crippen LogP contribution >= 0.6 is 23.2 Å². The molecule has 3 nitrogen and oxygen atoms in total. The Kier molecular flexibility index (Phi) is 5.69. The molecule has 2 rings (SSSR count). The Morgan fingerprint density at radius 1 is 1.14 bits per heavy atom. The number of carbonyl (C=O) groups is 1. The molecule has 1 N–H and O–H groups in total. The molecule has 0 aliphatic heterocycles. The van der Waals surface area contributed by atoms with Crippen molar-refractivity contribution in [3.8, 4) is 5.75 Å². The quantitative estimate of drug-likeness (QED) is 0.876. The number of carbonyl (C=O) groups excluding carboxylic acids is 1. The molecule has 2 aromatic rings. The van der Waals surface area contributed by atoms with E-state index in [4.69, 9.17) is 27.9 Å². The number of amides is 1. The normalized spacial score (nSPS) is 11.8. The molecule has 116 valence electrons. The number of hydrogen-bond donors (Lipinski definition) is 1. The van der Waals surface area contributed by atoms with E-state index < -0.39 is 0 Å². The fourth-order valence-corrected chi connectivity index (χ4v) is 2.79. The van der Waals surface area contributed by atoms with Crippen LogP contribution in [-0.2, 0) is 11.2 Å². The van der Waals surface area contributed by atoms with Crippen LogP contribution in [0.5, 0.6) is 5.75 Å². The lowest BCUT2D eigenvalue weighted by Gasteiger charge is -2.17. The third kappa shape index (κ3) is 3.93. The van der Waals surface area contributed by atoms with Gasteiger partial charge in [0.15, 0.2) is 0 Å². The van der Waals surface area contributed by atoms with E-state index in [-0.39, 0.29) is 18.4 Å². The zero-order valence-electron chi connectivity index (χ0n) is 12.4. The summed E-state index contributed by atoms with van der Waals surface area (Å²) in [5.41, 5.74) is 1.55. The topological polar surface area (TPSA) is 38.3 Å². The molecule has 2 aromatic carbocycles. The highest BCUT2D eigenvalue weighted by Gasteiger charge is 2.16. The first kappa shape index (κ1) is 16.7. The summed E-state index contributed by atoms with van der Waals surface area (Å²) >= 11 is 12.2. The van der Waals surface area contributed by atoms with Crippen LogP contribution in [0.25, 0.3) is 0 Å². The van der Waals surface area contributed by atoms with Crippen molar-refractivity contribution in [1.29, 1.82) is 0 Å². The van der Waals surface area contributed by atoms with E-state index in [0.29, 0.717) is 15.6 Å². The number of nitrogens with one attached hydrogen (secondary N) is 1. The summed E-state index contributed by atoms with van der Waals surface area (Å²) in [4.78, 5) is 12.2. The molecule has 0 aliphatic carbocycles. The van der Waals surface area contributed by atoms with Gasteiger partial charge < -0.3 is 10.1 Å². The molecule has 0 aliphatic rings. The van der Waals surface area contributed by atoms with Gasteiger partial charge in [-0.25, -0.2) is 0 Å². The number of benzene rings is 2. The molecule has 0 unspecified atom stereocenters. The highest BCUT2D eigenvalue weighted by molar-refractivity contribution is 6.36. The second-order valence-corrected chi connectivity index (χ2v) is 5.72. The Morgan fingerprint density at radius 2 is 1.77 bits per heavy atom. The smallest absolute Gasteiger partial charge is 0.225 e. The average Bonchev–Trinajstić information content (AvgIpc) is 2.51. The zero-order chi connectivity index (χ0) is 16.1. The molecule has 0 saturated carbocycles. The van der Waals surface area contributed by atoms with Crippen molar-refractivity contribution in [1.82, 2.24) is 5.32 Å². The van der Waals surface area contributed by atoms with E-state index in [9.17, 15) is 4.79 Å². The van der Waals surface area contributed by atoms with Gasteiger partial charge in [0.2, 0.25) is 5.91 Å². The van der Waals surface area contributed by atoms with E-state index >= 15 is 0 Å². The number of halogens is 2. The fraction of sp³-hybridized carbons (Fsp3) is 0.235. The first-order valence-electron chi connectivity index (χ1n) is 6.88. The van der Waals surface area contributed by atoms with Crippen molar-refractivity contribution in [2.45, 2.75) is 19.4 Å². The first-order valence-corrected chi connectivity index (χ1v) is 7.63. The SMILES string of the molecule is COc1ccccc1[C@H](C)NC(=O)Cc1c(Cl)cccc1Cl. The van der Waals surface area contributed by atoms with Crippen LogP contribution in [0.15, 0.2) is 42.5 Å². The van der Waals surface area contributed by atoms with Crippen molar-refractivity contribution in [2.75, 3.05) is 7.11 Å². The summed E-state index contributed by atoms with van der Waals surface area (Å²) in [5.74, 6) is 0.597. The van der Waals surface area contributed by atoms with Crippen LogP contribution in [0.4, 0.5) is 0 Å². The summed E-state index contributed by atoms with van der Waals surface area (Å²) in [6.45, 7) is 1.91. The van der Waals surface area contributed by atoms with Gasteiger partial charge in [0.05, 0.1) is 19.6 Å². The summed E-state index contributed by atoms with van der Waals surface area (Å²) in [6, 6.07) is 12.6. The molecule has 1 amide bonds. The minimum absolute atomic E-state index is 0.137. The molecule has 0 bridgehead atoms. The Hall–Kier alpha value is -1.71. The number of rotatable bonds is 5. The van der Waals surface area contributed by atoms with Crippen molar-refractivity contribution >= 4 is 29.1 Å². The molecule has 0 radical (unpaired) electrons. The van der Waals surface area contributed by atoms with E-state index in [1.165, 1.54) is 0 Å². The van der Waals surface area contributed by atoms with Gasteiger partial charge in [-0.1, -0.05) is 47.5 Å². The maximum absolute atomic E-state index is 12.2. The van der Waals surface area contributed by atoms with Gasteiger partial charge in [0.1, 0.15) is 5.75 Å². The van der Waals surface area contributed by atoms with Crippen LogP contribution in [0.1, 0.15) is 24.1 Å². The molecule has 1 atom stereocenters. The van der Waals surface area contributed by atoms with Crippen LogP contribution in [-0.4, -0.2) is 13.0 Å². The first-order chi connectivity index (χ1) is 10.5. The zero-order valence-corrected chi connectivity index (χ0v) is 13.9. The fourth-order valence-electron chi connectivity index (χ4n) is 2.26. The van der Waals surface area contributed by atoms with Crippen molar-refractivity contribution in [2.24, 2.45) is 0 Å². The number of hydrogen-bond acceptors (Lipinski definition) is 2. The maximum atomic E-state index is 12.2. The molecular formula is C17H17Cl2NO2. The molecule has 22 heavy (non-hydrogen) atoms. The minimum atomic E-state index is -0.176. The maximum Gasteiger partial charge on any atom is 0.225 e. The largest absolute Gasteiger partial charge is 0.496 e. The predicted octanol–water partition coefficient (Wildman–Crippen LogP) is 4.42. The highest BCUT2D eigenvalue weighted by Crippen LogP contribution is 2.26. The second kappa shape index (κ2) is 7.52. The van der Waals surface area contributed by atoms with Gasteiger partial charge >= 0.3 is 0 Å². The summed E-state index contributed by atoms with van der Waals surface area (Å²) in [6.07, 6.45) is 0.137. The molecule has 0 heterocycles. The molecular weight excluding hydrogens is 321 g/mol. The van der Waals surface area contributed by atoms with E-state index in [1.54, 1.807) is 25.3 Å². The summed E-state index contributed by atoms with van der Waals surface area (Å²) in [7, 11) is 1.61. The van der Waals surface area contributed by atoms with Crippen molar-refractivity contribution in [3.63, 3.8) is 0 Å². The van der Waals surface area contributed by atoms with Gasteiger partial charge in [-0.05, 0) is 30.7 Å². The molecule has 0 spiro atoms. The lowest BCUT2D eigenvalue weighted by Crippen LogP contribution is -2.28. The standard InChI is InChI=1S/C17H17Cl2NO2/c1-11(12-6-3-4-9-16(12)22-2)20-17(21)10-13-14(18)7-5-8-15(13)19/h3-9,11H,10H2,1-2H3,(H,20,21)/t11-/m0/s1. The number of para-hydroxylation sites is 1. The number of ether oxygens (including phenoxy) is 1. The van der Waals surface area contributed by atoms with Gasteiger partial charge in [-0.3, -0.25) is 4.79 Å². The molecule has 0 aromatic heterocycles. The van der Waals surface area contributed by atoms with E-state index in [2.05, 4.69) is 5.32 Å². The van der Waals surface area contributed by atoms with Crippen LogP contribution < -0.4 is 10.1 Å². The lowest BCUT2D eigenvalue weighted by molar-refractivity contribution is -0.121. The predicted molar refractivity (Wildman–Crippen MR) is 89.7 cm³/mol. The third-order valence-electron chi connectivity index (χ3n) is 3.38. The third-order valence-corrected chi connectivity index (χ3v) is 4.09. The van der Waals surface area contributed by atoms with Crippen LogP contribution in [0, 0.1) is 0 Å². The molecule has 0 fully saturated rings. The van der Waals surface area contributed by atoms with Crippen LogP contribution in [0.3, 0.4) is 0 Å². The summed E-state index contributed by atoms with van der Waals surface area (Å²) in [5, 5.41) is 3.92. The van der Waals surface area contributed by atoms with Crippen LogP contribution in [0.2, 0.25) is 10.0 Å². The Bertz CT molecular complexity index is 653. The van der Waals surface area contributed by atoms with Gasteiger partial charge in [-0.2, -0.15) is 0 Å². The Balaban J connectivity index is 2.09. The molecule has 5 heteroatoms. The Morgan fingerprint density at radius 3 is 2.41 bits per heavy atom. The summed E-state index contributed by atoms with van der Waals surface area (Å²) < 4.78 is 5.31. The lowest BCUT2D eigenvalue weighted by atomic mass is 10.1.